The van der Waals surface area contributed by atoms with Crippen LogP contribution in [0.2, 0.25) is 0 Å². The Bertz CT molecular complexity index is 631. The molecule has 1 unspecified atom stereocenters. The van der Waals surface area contributed by atoms with Crippen LogP contribution in [-0.4, -0.2) is 44.8 Å². The zero-order valence-corrected chi connectivity index (χ0v) is 13.6. The van der Waals surface area contributed by atoms with E-state index in [2.05, 4.69) is 5.32 Å². The fourth-order valence-electron chi connectivity index (χ4n) is 2.70. The van der Waals surface area contributed by atoms with Crippen molar-refractivity contribution in [2.45, 2.75) is 24.7 Å². The minimum Gasteiger partial charge on any atom is -0.355 e. The molecule has 0 radical (unpaired) electrons. The summed E-state index contributed by atoms with van der Waals surface area (Å²) in [6.45, 7) is 3.26. The Kier molecular flexibility index (Phi) is 5.55. The Morgan fingerprint density at radius 2 is 2.14 bits per heavy atom. The summed E-state index contributed by atoms with van der Waals surface area (Å²) in [6, 6.07) is 6.92. The third-order valence-corrected chi connectivity index (χ3v) is 5.94. The molecule has 1 atom stereocenters. The largest absolute Gasteiger partial charge is 0.355 e. The van der Waals surface area contributed by atoms with Gasteiger partial charge < -0.3 is 11.1 Å². The molecule has 1 saturated heterocycles. The molecule has 0 aromatic heterocycles. The van der Waals surface area contributed by atoms with E-state index in [4.69, 9.17) is 5.73 Å². The highest BCUT2D eigenvalue weighted by Gasteiger charge is 2.33. The van der Waals surface area contributed by atoms with Crippen LogP contribution in [0, 0.1) is 12.8 Å². The SMILES string of the molecule is Cc1ccccc1S(=O)(=O)N1CCCC(C(=O)NCCN)C1. The van der Waals surface area contributed by atoms with Gasteiger partial charge >= 0.3 is 0 Å². The van der Waals surface area contributed by atoms with Crippen LogP contribution in [0.3, 0.4) is 0 Å². The molecule has 1 aromatic rings. The molecule has 1 aromatic carbocycles. The van der Waals surface area contributed by atoms with Crippen molar-refractivity contribution in [3.63, 3.8) is 0 Å². The Hall–Kier alpha value is -1.44. The number of nitrogens with two attached hydrogens (primary N) is 1. The van der Waals surface area contributed by atoms with Crippen LogP contribution in [0.1, 0.15) is 18.4 Å². The molecule has 0 saturated carbocycles. The van der Waals surface area contributed by atoms with Gasteiger partial charge in [-0.25, -0.2) is 8.42 Å². The number of hydrogen-bond donors (Lipinski definition) is 2. The molecular formula is C15H23N3O3S. The second-order valence-corrected chi connectivity index (χ2v) is 7.45. The van der Waals surface area contributed by atoms with Gasteiger partial charge in [-0.2, -0.15) is 4.31 Å². The van der Waals surface area contributed by atoms with Gasteiger partial charge in [0.25, 0.3) is 0 Å². The van der Waals surface area contributed by atoms with Gasteiger partial charge in [-0.3, -0.25) is 4.79 Å². The molecule has 0 aliphatic carbocycles. The zero-order chi connectivity index (χ0) is 16.2. The molecule has 6 nitrogen and oxygen atoms in total. The van der Waals surface area contributed by atoms with Gasteiger partial charge in [-0.1, -0.05) is 18.2 Å². The number of hydrogen-bond acceptors (Lipinski definition) is 4. The van der Waals surface area contributed by atoms with Gasteiger partial charge in [0.1, 0.15) is 0 Å². The summed E-state index contributed by atoms with van der Waals surface area (Å²) in [4.78, 5) is 12.4. The van der Waals surface area contributed by atoms with Gasteiger partial charge in [0.15, 0.2) is 0 Å². The number of sulfonamides is 1. The highest BCUT2D eigenvalue weighted by atomic mass is 32.2. The Balaban J connectivity index is 2.15. The fourth-order valence-corrected chi connectivity index (χ4v) is 4.45. The molecule has 2 rings (SSSR count). The summed E-state index contributed by atoms with van der Waals surface area (Å²) in [5.41, 5.74) is 6.09. The van der Waals surface area contributed by atoms with E-state index >= 15 is 0 Å². The van der Waals surface area contributed by atoms with Crippen LogP contribution in [0.4, 0.5) is 0 Å². The third-order valence-electron chi connectivity index (χ3n) is 3.91. The van der Waals surface area contributed by atoms with Gasteiger partial charge in [0.05, 0.1) is 10.8 Å². The van der Waals surface area contributed by atoms with Crippen molar-refractivity contribution in [1.29, 1.82) is 0 Å². The van der Waals surface area contributed by atoms with E-state index < -0.39 is 10.0 Å². The van der Waals surface area contributed by atoms with Gasteiger partial charge in [0.2, 0.25) is 15.9 Å². The van der Waals surface area contributed by atoms with Crippen molar-refractivity contribution < 1.29 is 13.2 Å². The standard InChI is InChI=1S/C15H23N3O3S/c1-12-5-2-3-7-14(12)22(20,21)18-10-4-6-13(11-18)15(19)17-9-8-16/h2-3,5,7,13H,4,6,8-11,16H2,1H3,(H,17,19). The smallest absolute Gasteiger partial charge is 0.243 e. The lowest BCUT2D eigenvalue weighted by Gasteiger charge is -2.31. The highest BCUT2D eigenvalue weighted by Crippen LogP contribution is 2.25. The molecule has 7 heteroatoms. The number of carbonyl (C=O) groups is 1. The Labute approximate surface area is 131 Å². The normalized spacial score (nSPS) is 19.8. The molecule has 3 N–H and O–H groups in total. The number of carbonyl (C=O) groups excluding carboxylic acids is 1. The topological polar surface area (TPSA) is 92.5 Å². The molecule has 122 valence electrons. The number of aryl methyl sites for hydroxylation is 1. The van der Waals surface area contributed by atoms with Crippen molar-refractivity contribution in [1.82, 2.24) is 9.62 Å². The molecule has 1 fully saturated rings. The molecule has 0 bridgehead atoms. The third kappa shape index (κ3) is 3.66. The summed E-state index contributed by atoms with van der Waals surface area (Å²) in [5.74, 6) is -0.422. The number of piperidine rings is 1. The first-order valence-corrected chi connectivity index (χ1v) is 8.94. The lowest BCUT2D eigenvalue weighted by molar-refractivity contribution is -0.126. The van der Waals surface area contributed by atoms with Gasteiger partial charge in [-0.15, -0.1) is 0 Å². The Morgan fingerprint density at radius 3 is 2.82 bits per heavy atom. The maximum absolute atomic E-state index is 12.8. The molecule has 0 spiro atoms. The van der Waals surface area contributed by atoms with Gasteiger partial charge in [-0.05, 0) is 31.4 Å². The van der Waals surface area contributed by atoms with Crippen molar-refractivity contribution in [3.8, 4) is 0 Å². The first-order chi connectivity index (χ1) is 10.5. The van der Waals surface area contributed by atoms with Crippen LogP contribution in [0.15, 0.2) is 29.2 Å². The summed E-state index contributed by atoms with van der Waals surface area (Å²) in [6.07, 6.45) is 1.39. The monoisotopic (exact) mass is 325 g/mol. The second-order valence-electron chi connectivity index (χ2n) is 5.55. The average molecular weight is 325 g/mol. The molecular weight excluding hydrogens is 302 g/mol. The molecule has 1 amide bonds. The number of nitrogens with zero attached hydrogens (tertiary/aromatic N) is 1. The lowest BCUT2D eigenvalue weighted by atomic mass is 9.99. The molecule has 1 aliphatic heterocycles. The van der Waals surface area contributed by atoms with Crippen molar-refractivity contribution in [3.05, 3.63) is 29.8 Å². The zero-order valence-electron chi connectivity index (χ0n) is 12.8. The van der Waals surface area contributed by atoms with E-state index in [1.54, 1.807) is 25.1 Å². The Morgan fingerprint density at radius 1 is 1.41 bits per heavy atom. The van der Waals surface area contributed by atoms with E-state index in [-0.39, 0.29) is 18.4 Å². The number of benzene rings is 1. The minimum absolute atomic E-state index is 0.116. The van der Waals surface area contributed by atoms with E-state index in [1.165, 1.54) is 4.31 Å². The first-order valence-electron chi connectivity index (χ1n) is 7.50. The van der Waals surface area contributed by atoms with E-state index in [0.29, 0.717) is 37.4 Å². The minimum atomic E-state index is -3.55. The van der Waals surface area contributed by atoms with E-state index in [0.717, 1.165) is 5.56 Å². The van der Waals surface area contributed by atoms with Crippen LogP contribution >= 0.6 is 0 Å². The first kappa shape index (κ1) is 16.9. The average Bonchev–Trinajstić information content (AvgIpc) is 2.53. The lowest BCUT2D eigenvalue weighted by Crippen LogP contribution is -2.46. The van der Waals surface area contributed by atoms with Crippen LogP contribution in [0.25, 0.3) is 0 Å². The summed E-state index contributed by atoms with van der Waals surface area (Å²) in [5, 5.41) is 2.74. The maximum Gasteiger partial charge on any atom is 0.243 e. The van der Waals surface area contributed by atoms with Crippen LogP contribution in [-0.2, 0) is 14.8 Å². The summed E-state index contributed by atoms with van der Waals surface area (Å²) >= 11 is 0. The molecule has 22 heavy (non-hydrogen) atoms. The number of nitrogens with one attached hydrogen (secondary N) is 1. The predicted molar refractivity (Wildman–Crippen MR) is 84.7 cm³/mol. The van der Waals surface area contributed by atoms with E-state index in [9.17, 15) is 13.2 Å². The predicted octanol–water partition coefficient (Wildman–Crippen LogP) is 0.471. The molecule has 1 heterocycles. The van der Waals surface area contributed by atoms with Crippen molar-refractivity contribution >= 4 is 15.9 Å². The van der Waals surface area contributed by atoms with Crippen molar-refractivity contribution in [2.75, 3.05) is 26.2 Å². The number of rotatable bonds is 5. The summed E-state index contributed by atoms with van der Waals surface area (Å²) < 4.78 is 27.0. The number of amides is 1. The van der Waals surface area contributed by atoms with Gasteiger partial charge in [0, 0.05) is 26.2 Å². The van der Waals surface area contributed by atoms with E-state index in [1.807, 2.05) is 6.07 Å². The quantitative estimate of drug-likeness (QED) is 0.823. The van der Waals surface area contributed by atoms with Crippen LogP contribution in [0.5, 0.6) is 0 Å². The van der Waals surface area contributed by atoms with Crippen LogP contribution < -0.4 is 11.1 Å². The summed E-state index contributed by atoms with van der Waals surface area (Å²) in [7, 11) is -3.55. The second kappa shape index (κ2) is 7.21. The van der Waals surface area contributed by atoms with Crippen molar-refractivity contribution in [2.24, 2.45) is 11.7 Å². The maximum atomic E-state index is 12.8. The highest BCUT2D eigenvalue weighted by molar-refractivity contribution is 7.89. The molecule has 1 aliphatic rings. The fraction of sp³-hybridized carbons (Fsp3) is 0.533.